The van der Waals surface area contributed by atoms with E-state index in [1.54, 1.807) is 7.11 Å². The smallest absolute Gasteiger partial charge is 0.230 e. The van der Waals surface area contributed by atoms with E-state index in [-0.39, 0.29) is 5.91 Å². The Kier molecular flexibility index (Phi) is 7.65. The molecule has 0 saturated carbocycles. The van der Waals surface area contributed by atoms with Gasteiger partial charge in [0.25, 0.3) is 0 Å². The summed E-state index contributed by atoms with van der Waals surface area (Å²) in [5.41, 5.74) is 2.22. The van der Waals surface area contributed by atoms with Crippen molar-refractivity contribution in [1.29, 1.82) is 0 Å². The maximum absolute atomic E-state index is 11.9. The van der Waals surface area contributed by atoms with Gasteiger partial charge in [-0.2, -0.15) is 0 Å². The molecule has 2 aromatic carbocycles. The van der Waals surface area contributed by atoms with Crippen LogP contribution in [0.3, 0.4) is 0 Å². The zero-order chi connectivity index (χ0) is 17.2. The minimum absolute atomic E-state index is 0.0224. The number of carbonyl (C=O) groups is 1. The van der Waals surface area contributed by atoms with Crippen molar-refractivity contribution in [3.05, 3.63) is 59.7 Å². The highest BCUT2D eigenvalue weighted by Gasteiger charge is 2.03. The Morgan fingerprint density at radius 1 is 1.04 bits per heavy atom. The molecule has 5 heteroatoms. The number of carbonyl (C=O) groups excluding carboxylic acids is 1. The zero-order valence-electron chi connectivity index (χ0n) is 14.1. The molecule has 24 heavy (non-hydrogen) atoms. The molecular formula is C19H23NO3S. The van der Waals surface area contributed by atoms with Crippen LogP contribution in [0.15, 0.2) is 53.4 Å². The van der Waals surface area contributed by atoms with Crippen molar-refractivity contribution in [2.24, 2.45) is 0 Å². The molecule has 0 fully saturated rings. The van der Waals surface area contributed by atoms with Crippen LogP contribution in [0, 0.1) is 0 Å². The molecular weight excluding hydrogens is 322 g/mol. The molecule has 4 nitrogen and oxygen atoms in total. The lowest BCUT2D eigenvalue weighted by atomic mass is 10.1. The van der Waals surface area contributed by atoms with Crippen molar-refractivity contribution < 1.29 is 14.3 Å². The number of rotatable bonds is 9. The summed E-state index contributed by atoms with van der Waals surface area (Å²) in [5.74, 6) is 1.24. The highest BCUT2D eigenvalue weighted by molar-refractivity contribution is 8.00. The second-order valence-corrected chi connectivity index (χ2v) is 6.24. The van der Waals surface area contributed by atoms with E-state index in [0.717, 1.165) is 21.8 Å². The van der Waals surface area contributed by atoms with Crippen molar-refractivity contribution >= 4 is 17.7 Å². The number of nitrogens with one attached hydrogen (secondary N) is 1. The van der Waals surface area contributed by atoms with Gasteiger partial charge in [0.2, 0.25) is 5.91 Å². The first kappa shape index (κ1) is 18.4. The highest BCUT2D eigenvalue weighted by atomic mass is 32.2. The fraction of sp³-hybridized carbons (Fsp3) is 0.316. The van der Waals surface area contributed by atoms with Crippen LogP contribution in [0.4, 0.5) is 0 Å². The number of thioether (sulfide) groups is 1. The number of ether oxygens (including phenoxy) is 2. The second kappa shape index (κ2) is 10.0. The van der Waals surface area contributed by atoms with Crippen molar-refractivity contribution in [2.75, 3.05) is 19.5 Å². The van der Waals surface area contributed by atoms with E-state index in [2.05, 4.69) is 5.32 Å². The zero-order valence-corrected chi connectivity index (χ0v) is 14.9. The third-order valence-electron chi connectivity index (χ3n) is 3.41. The largest absolute Gasteiger partial charge is 0.497 e. The molecule has 0 unspecified atom stereocenters. The molecule has 0 heterocycles. The number of amides is 1. The van der Waals surface area contributed by atoms with E-state index < -0.39 is 0 Å². The van der Waals surface area contributed by atoms with Gasteiger partial charge in [0.05, 0.1) is 19.5 Å². The molecule has 0 bridgehead atoms. The topological polar surface area (TPSA) is 47.6 Å². The first-order valence-electron chi connectivity index (χ1n) is 7.90. The normalized spacial score (nSPS) is 10.4. The quantitative estimate of drug-likeness (QED) is 0.705. The van der Waals surface area contributed by atoms with Crippen LogP contribution < -0.4 is 10.1 Å². The number of methoxy groups -OCH3 is 1. The number of hydrogen-bond donors (Lipinski definition) is 1. The van der Waals surface area contributed by atoms with Gasteiger partial charge in [0, 0.05) is 18.0 Å². The van der Waals surface area contributed by atoms with Gasteiger partial charge in [-0.05, 0) is 42.3 Å². The van der Waals surface area contributed by atoms with E-state index in [0.29, 0.717) is 25.5 Å². The monoisotopic (exact) mass is 345 g/mol. The average molecular weight is 345 g/mol. The molecule has 2 rings (SSSR count). The lowest BCUT2D eigenvalue weighted by molar-refractivity contribution is -0.118. The maximum Gasteiger partial charge on any atom is 0.230 e. The Bertz CT molecular complexity index is 626. The van der Waals surface area contributed by atoms with E-state index in [1.807, 2.05) is 55.5 Å². The lowest BCUT2D eigenvalue weighted by Gasteiger charge is -2.07. The third-order valence-corrected chi connectivity index (χ3v) is 4.43. The van der Waals surface area contributed by atoms with Gasteiger partial charge in [0.15, 0.2) is 0 Å². The Morgan fingerprint density at radius 3 is 2.33 bits per heavy atom. The molecule has 1 amide bonds. The summed E-state index contributed by atoms with van der Waals surface area (Å²) in [6.07, 6.45) is 0. The molecule has 0 saturated heterocycles. The predicted molar refractivity (Wildman–Crippen MR) is 97.3 cm³/mol. The fourth-order valence-corrected chi connectivity index (χ4v) is 2.77. The first-order chi connectivity index (χ1) is 11.7. The third kappa shape index (κ3) is 6.26. The van der Waals surface area contributed by atoms with Crippen LogP contribution in [-0.2, 0) is 22.7 Å². The summed E-state index contributed by atoms with van der Waals surface area (Å²) in [4.78, 5) is 13.0. The summed E-state index contributed by atoms with van der Waals surface area (Å²) >= 11 is 1.51. The van der Waals surface area contributed by atoms with E-state index in [4.69, 9.17) is 9.47 Å². The molecule has 1 N–H and O–H groups in total. The number of benzene rings is 2. The Balaban J connectivity index is 1.72. The second-order valence-electron chi connectivity index (χ2n) is 5.19. The average Bonchev–Trinajstić information content (AvgIpc) is 2.64. The summed E-state index contributed by atoms with van der Waals surface area (Å²) in [6.45, 7) is 3.86. The molecule has 0 atom stereocenters. The van der Waals surface area contributed by atoms with Crippen LogP contribution in [-0.4, -0.2) is 25.4 Å². The minimum Gasteiger partial charge on any atom is -0.497 e. The molecule has 2 aromatic rings. The molecule has 0 aromatic heterocycles. The number of hydrogen-bond acceptors (Lipinski definition) is 4. The van der Waals surface area contributed by atoms with Gasteiger partial charge in [-0.3, -0.25) is 4.79 Å². The fourth-order valence-electron chi connectivity index (χ4n) is 2.05. The van der Waals surface area contributed by atoms with Gasteiger partial charge in [-0.1, -0.05) is 24.3 Å². The summed E-state index contributed by atoms with van der Waals surface area (Å²) in [6, 6.07) is 15.8. The Hall–Kier alpha value is -1.98. The first-order valence-corrected chi connectivity index (χ1v) is 8.89. The van der Waals surface area contributed by atoms with Crippen molar-refractivity contribution in [3.63, 3.8) is 0 Å². The van der Waals surface area contributed by atoms with Crippen molar-refractivity contribution in [3.8, 4) is 5.75 Å². The van der Waals surface area contributed by atoms with E-state index >= 15 is 0 Å². The van der Waals surface area contributed by atoms with Gasteiger partial charge in [-0.25, -0.2) is 0 Å². The Morgan fingerprint density at radius 2 is 1.71 bits per heavy atom. The van der Waals surface area contributed by atoms with E-state index in [9.17, 15) is 4.79 Å². The molecule has 0 aliphatic rings. The molecule has 0 aliphatic carbocycles. The highest BCUT2D eigenvalue weighted by Crippen LogP contribution is 2.20. The molecule has 0 radical (unpaired) electrons. The molecule has 0 spiro atoms. The van der Waals surface area contributed by atoms with Gasteiger partial charge < -0.3 is 14.8 Å². The Labute approximate surface area is 147 Å². The van der Waals surface area contributed by atoms with Crippen LogP contribution in [0.5, 0.6) is 5.75 Å². The molecule has 128 valence electrons. The van der Waals surface area contributed by atoms with Crippen LogP contribution in [0.2, 0.25) is 0 Å². The SMILES string of the molecule is CCOCc1ccc(CNC(=O)CSc2ccc(OC)cc2)cc1. The van der Waals surface area contributed by atoms with Crippen LogP contribution in [0.25, 0.3) is 0 Å². The van der Waals surface area contributed by atoms with Gasteiger partial charge >= 0.3 is 0 Å². The van der Waals surface area contributed by atoms with Gasteiger partial charge in [0.1, 0.15) is 5.75 Å². The van der Waals surface area contributed by atoms with Crippen LogP contribution in [0.1, 0.15) is 18.1 Å². The minimum atomic E-state index is 0.0224. The van der Waals surface area contributed by atoms with Crippen LogP contribution >= 0.6 is 11.8 Å². The lowest BCUT2D eigenvalue weighted by Crippen LogP contribution is -2.24. The van der Waals surface area contributed by atoms with E-state index in [1.165, 1.54) is 11.8 Å². The van der Waals surface area contributed by atoms with Crippen molar-refractivity contribution in [2.45, 2.75) is 25.0 Å². The summed E-state index contributed by atoms with van der Waals surface area (Å²) in [7, 11) is 1.64. The maximum atomic E-state index is 11.9. The standard InChI is InChI=1S/C19H23NO3S/c1-3-23-13-16-6-4-15(5-7-16)12-20-19(21)14-24-18-10-8-17(22-2)9-11-18/h4-11H,3,12-14H2,1-2H3,(H,20,21). The predicted octanol–water partition coefficient (Wildman–Crippen LogP) is 3.64. The van der Waals surface area contributed by atoms with Gasteiger partial charge in [-0.15, -0.1) is 11.8 Å². The van der Waals surface area contributed by atoms with Crippen molar-refractivity contribution in [1.82, 2.24) is 5.32 Å². The molecule has 0 aliphatic heterocycles. The summed E-state index contributed by atoms with van der Waals surface area (Å²) in [5, 5.41) is 2.94. The summed E-state index contributed by atoms with van der Waals surface area (Å²) < 4.78 is 10.5.